The quantitative estimate of drug-likeness (QED) is 0.491. The fourth-order valence-electron chi connectivity index (χ4n) is 3.51. The maximum Gasteiger partial charge on any atom is 0.428 e. The van der Waals surface area contributed by atoms with Gasteiger partial charge in [0, 0.05) is 12.6 Å². The van der Waals surface area contributed by atoms with Gasteiger partial charge in [0.1, 0.15) is 0 Å². The molecule has 0 N–H and O–H groups in total. The van der Waals surface area contributed by atoms with Crippen molar-refractivity contribution < 1.29 is 47.7 Å². The number of piperidine rings is 1. The molecule has 0 amide bonds. The van der Waals surface area contributed by atoms with Gasteiger partial charge < -0.3 is 4.55 Å². The molecule has 1 saturated heterocycles. The standard InChI is InChI=1S/C12H17F6NO5S2/c13-10(14,12(17,18)26(22,23)24)11(15,16)25(20,21)19-7-3-5-8-4-1-2-6-9(8)19/h8-9H,1-7H2,(H,22,23,24)/p-1. The Balaban J connectivity index is 2.49. The van der Waals surface area contributed by atoms with E-state index in [0.717, 1.165) is 0 Å². The molecule has 6 nitrogen and oxygen atoms in total. The van der Waals surface area contributed by atoms with Gasteiger partial charge in [0.25, 0.3) is 10.0 Å². The molecule has 0 radical (unpaired) electrons. The summed E-state index contributed by atoms with van der Waals surface area (Å²) in [7, 11) is -13.6. The second kappa shape index (κ2) is 6.48. The van der Waals surface area contributed by atoms with Crippen molar-refractivity contribution in [1.82, 2.24) is 4.31 Å². The van der Waals surface area contributed by atoms with E-state index in [1.807, 2.05) is 0 Å². The lowest BCUT2D eigenvalue weighted by Crippen LogP contribution is -2.65. The molecule has 1 aliphatic carbocycles. The number of hydrogen-bond donors (Lipinski definition) is 0. The molecule has 14 heteroatoms. The van der Waals surface area contributed by atoms with E-state index in [-0.39, 0.29) is 23.1 Å². The van der Waals surface area contributed by atoms with Crippen LogP contribution in [-0.4, -0.2) is 54.7 Å². The smallest absolute Gasteiger partial charge is 0.428 e. The summed E-state index contributed by atoms with van der Waals surface area (Å²) in [5.41, 5.74) is 0. The lowest BCUT2D eigenvalue weighted by atomic mass is 9.79. The van der Waals surface area contributed by atoms with Crippen LogP contribution in [0.25, 0.3) is 0 Å². The van der Waals surface area contributed by atoms with Gasteiger partial charge in [-0.25, -0.2) is 16.8 Å². The third kappa shape index (κ3) is 3.02. The summed E-state index contributed by atoms with van der Waals surface area (Å²) < 4.78 is 137. The van der Waals surface area contributed by atoms with Crippen molar-refractivity contribution in [3.63, 3.8) is 0 Å². The molecule has 26 heavy (non-hydrogen) atoms. The monoisotopic (exact) mass is 432 g/mol. The number of rotatable bonds is 5. The van der Waals surface area contributed by atoms with Gasteiger partial charge in [-0.3, -0.25) is 0 Å². The Labute approximate surface area is 146 Å². The zero-order chi connectivity index (χ0) is 20.2. The summed E-state index contributed by atoms with van der Waals surface area (Å²) in [5.74, 6) is -7.32. The minimum atomic E-state index is -7.25. The molecule has 0 bridgehead atoms. The van der Waals surface area contributed by atoms with Crippen molar-refractivity contribution in [2.45, 2.75) is 61.0 Å². The third-order valence-electron chi connectivity index (χ3n) is 4.87. The number of fused-ring (bicyclic) bond motifs is 1. The molecule has 2 aliphatic rings. The molecule has 1 heterocycles. The van der Waals surface area contributed by atoms with Crippen LogP contribution < -0.4 is 0 Å². The topological polar surface area (TPSA) is 94.6 Å². The van der Waals surface area contributed by atoms with Gasteiger partial charge >= 0.3 is 16.4 Å². The van der Waals surface area contributed by atoms with Gasteiger partial charge in [0.15, 0.2) is 10.1 Å². The van der Waals surface area contributed by atoms with E-state index >= 15 is 0 Å². The van der Waals surface area contributed by atoms with Crippen LogP contribution in [0.2, 0.25) is 0 Å². The third-order valence-corrected chi connectivity index (χ3v) is 7.73. The minimum absolute atomic E-state index is 0.0678. The predicted octanol–water partition coefficient (Wildman–Crippen LogP) is 2.34. The second-order valence-corrected chi connectivity index (χ2v) is 9.78. The Morgan fingerprint density at radius 1 is 0.808 bits per heavy atom. The molecule has 2 rings (SSSR count). The summed E-state index contributed by atoms with van der Waals surface area (Å²) in [5, 5.41) is -13.3. The largest absolute Gasteiger partial charge is 0.743 e. The summed E-state index contributed by atoms with van der Waals surface area (Å²) >= 11 is 0. The Bertz CT molecular complexity index is 752. The van der Waals surface area contributed by atoms with Crippen molar-refractivity contribution in [2.75, 3.05) is 6.54 Å². The highest BCUT2D eigenvalue weighted by Gasteiger charge is 2.81. The number of alkyl halides is 6. The average Bonchev–Trinajstić information content (AvgIpc) is 2.52. The maximum absolute atomic E-state index is 14.1. The number of sulfonamides is 1. The first-order valence-corrected chi connectivity index (χ1v) is 10.5. The fraction of sp³-hybridized carbons (Fsp3) is 1.00. The first kappa shape index (κ1) is 21.7. The molecule has 2 fully saturated rings. The van der Waals surface area contributed by atoms with Crippen LogP contribution in [0.5, 0.6) is 0 Å². The zero-order valence-electron chi connectivity index (χ0n) is 13.2. The first-order chi connectivity index (χ1) is 11.6. The number of hydrogen-bond acceptors (Lipinski definition) is 5. The highest BCUT2D eigenvalue weighted by molar-refractivity contribution is 7.90. The van der Waals surface area contributed by atoms with Crippen molar-refractivity contribution in [2.24, 2.45) is 5.92 Å². The molecule has 0 spiro atoms. The van der Waals surface area contributed by atoms with E-state index in [2.05, 4.69) is 0 Å². The number of halogens is 6. The number of nitrogens with zero attached hydrogens (tertiary/aromatic N) is 1. The van der Waals surface area contributed by atoms with Gasteiger partial charge in [0.2, 0.25) is 0 Å². The van der Waals surface area contributed by atoms with Gasteiger partial charge in [-0.15, -0.1) is 0 Å². The first-order valence-electron chi connectivity index (χ1n) is 7.69. The van der Waals surface area contributed by atoms with Crippen LogP contribution >= 0.6 is 0 Å². The van der Waals surface area contributed by atoms with E-state index in [4.69, 9.17) is 0 Å². The van der Waals surface area contributed by atoms with Crippen molar-refractivity contribution in [3.8, 4) is 0 Å². The molecule has 1 aliphatic heterocycles. The Morgan fingerprint density at radius 3 is 1.85 bits per heavy atom. The maximum atomic E-state index is 14.1. The Morgan fingerprint density at radius 2 is 1.31 bits per heavy atom. The van der Waals surface area contributed by atoms with Crippen molar-refractivity contribution in [1.29, 1.82) is 0 Å². The molecule has 0 aromatic heterocycles. The lowest BCUT2D eigenvalue weighted by Gasteiger charge is -2.45. The summed E-state index contributed by atoms with van der Waals surface area (Å²) in [6.45, 7) is -0.579. The highest BCUT2D eigenvalue weighted by atomic mass is 32.2. The summed E-state index contributed by atoms with van der Waals surface area (Å²) in [6, 6.07) is -1.05. The summed E-state index contributed by atoms with van der Waals surface area (Å²) in [4.78, 5) is 0. The molecule has 0 aromatic carbocycles. The average molecular weight is 432 g/mol. The van der Waals surface area contributed by atoms with Crippen LogP contribution in [0.4, 0.5) is 26.3 Å². The van der Waals surface area contributed by atoms with Crippen molar-refractivity contribution >= 4 is 20.1 Å². The van der Waals surface area contributed by atoms with Crippen LogP contribution in [0, 0.1) is 5.92 Å². The Kier molecular flexibility index (Phi) is 5.41. The van der Waals surface area contributed by atoms with Gasteiger partial charge in [-0.1, -0.05) is 12.8 Å². The van der Waals surface area contributed by atoms with Gasteiger partial charge in [0.05, 0.1) is 0 Å². The van der Waals surface area contributed by atoms with E-state index < -0.39 is 49.2 Å². The van der Waals surface area contributed by atoms with E-state index in [9.17, 15) is 47.7 Å². The highest BCUT2D eigenvalue weighted by Crippen LogP contribution is 2.52. The van der Waals surface area contributed by atoms with Gasteiger partial charge in [-0.05, 0) is 31.6 Å². The molecule has 2 unspecified atom stereocenters. The molecular weight excluding hydrogens is 416 g/mol. The second-order valence-electron chi connectivity index (χ2n) is 6.43. The molecule has 2 atom stereocenters. The molecule has 154 valence electrons. The molecule has 1 saturated carbocycles. The lowest BCUT2D eigenvalue weighted by molar-refractivity contribution is -0.247. The van der Waals surface area contributed by atoms with E-state index in [0.29, 0.717) is 25.7 Å². The normalized spacial score (nSPS) is 27.2. The summed E-state index contributed by atoms with van der Waals surface area (Å²) in [6.07, 6.45) is 2.25. The van der Waals surface area contributed by atoms with Crippen molar-refractivity contribution in [3.05, 3.63) is 0 Å². The Hall–Kier alpha value is -0.600. The predicted molar refractivity (Wildman–Crippen MR) is 75.1 cm³/mol. The van der Waals surface area contributed by atoms with Crippen LogP contribution in [0.1, 0.15) is 38.5 Å². The zero-order valence-corrected chi connectivity index (χ0v) is 14.8. The van der Waals surface area contributed by atoms with Crippen LogP contribution in [-0.2, 0) is 20.1 Å². The van der Waals surface area contributed by atoms with Crippen LogP contribution in [0.15, 0.2) is 0 Å². The molecule has 0 aromatic rings. The minimum Gasteiger partial charge on any atom is -0.743 e. The van der Waals surface area contributed by atoms with E-state index in [1.54, 1.807) is 0 Å². The van der Waals surface area contributed by atoms with Crippen LogP contribution in [0.3, 0.4) is 0 Å². The van der Waals surface area contributed by atoms with E-state index in [1.165, 1.54) is 0 Å². The SMILES string of the molecule is O=S(=O)([O-])C(F)(F)C(F)(F)C(F)(F)S(=O)(=O)N1CCCC2CCCCC21. The fourth-order valence-corrected chi connectivity index (χ4v) is 5.77. The molecular formula is C12H16F6NO5S2-. The van der Waals surface area contributed by atoms with Gasteiger partial charge in [-0.2, -0.15) is 30.6 Å².